The number of methoxy groups -OCH3 is 1. The van der Waals surface area contributed by atoms with Crippen LogP contribution < -0.4 is 4.74 Å². The number of aromatic nitrogens is 1. The number of ketones is 2. The molecule has 0 radical (unpaired) electrons. The molecule has 0 bridgehead atoms. The third kappa shape index (κ3) is 4.27. The van der Waals surface area contributed by atoms with Crippen molar-refractivity contribution >= 4 is 17.5 Å². The van der Waals surface area contributed by atoms with Gasteiger partial charge in [0.15, 0.2) is 12.4 Å². The number of nitrogens with one attached hydrogen (secondary N) is 1. The van der Waals surface area contributed by atoms with Crippen molar-refractivity contribution < 1.29 is 23.9 Å². The molecule has 1 N–H and O–H groups in total. The highest BCUT2D eigenvalue weighted by Gasteiger charge is 2.22. The van der Waals surface area contributed by atoms with Gasteiger partial charge in [0.1, 0.15) is 5.75 Å². The molecule has 0 aliphatic rings. The Hall–Kier alpha value is -3.67. The van der Waals surface area contributed by atoms with Crippen LogP contribution in [0.5, 0.6) is 5.75 Å². The number of carbonyl (C=O) groups excluding carboxylic acids is 3. The minimum Gasteiger partial charge on any atom is -0.485 e. The van der Waals surface area contributed by atoms with Crippen molar-refractivity contribution in [3.05, 3.63) is 88.2 Å². The second-order valence-electron chi connectivity index (χ2n) is 6.55. The van der Waals surface area contributed by atoms with Gasteiger partial charge >= 0.3 is 5.97 Å². The van der Waals surface area contributed by atoms with Gasteiger partial charge in [0.25, 0.3) is 0 Å². The highest BCUT2D eigenvalue weighted by atomic mass is 16.5. The van der Waals surface area contributed by atoms with Gasteiger partial charge in [0.05, 0.1) is 18.4 Å². The maximum Gasteiger partial charge on any atom is 0.339 e. The zero-order valence-electron chi connectivity index (χ0n) is 16.4. The van der Waals surface area contributed by atoms with E-state index in [-0.39, 0.29) is 18.2 Å². The number of hydrogen-bond donors (Lipinski definition) is 1. The van der Waals surface area contributed by atoms with Crippen molar-refractivity contribution in [2.75, 3.05) is 13.7 Å². The van der Waals surface area contributed by atoms with Gasteiger partial charge in [-0.05, 0) is 43.7 Å². The van der Waals surface area contributed by atoms with Crippen LogP contribution in [0.4, 0.5) is 0 Å². The monoisotopic (exact) mass is 391 g/mol. The first-order valence-corrected chi connectivity index (χ1v) is 9.05. The van der Waals surface area contributed by atoms with E-state index in [2.05, 4.69) is 4.98 Å². The third-order valence-corrected chi connectivity index (χ3v) is 4.63. The van der Waals surface area contributed by atoms with Gasteiger partial charge < -0.3 is 14.5 Å². The highest BCUT2D eigenvalue weighted by molar-refractivity contribution is 6.09. The Labute approximate surface area is 168 Å². The van der Waals surface area contributed by atoms with Gasteiger partial charge in [0.2, 0.25) is 5.78 Å². The van der Waals surface area contributed by atoms with E-state index < -0.39 is 5.97 Å². The molecule has 6 nitrogen and oxygen atoms in total. The summed E-state index contributed by atoms with van der Waals surface area (Å²) >= 11 is 0. The SMILES string of the molecule is COC(=O)c1c(C)[nH]c(C(=O)COc2ccc(C(=O)c3ccccc3)cc2)c1C. The maximum absolute atomic E-state index is 12.5. The molecule has 0 saturated heterocycles. The Kier molecular flexibility index (Phi) is 5.93. The van der Waals surface area contributed by atoms with Crippen LogP contribution in [-0.2, 0) is 4.74 Å². The van der Waals surface area contributed by atoms with E-state index >= 15 is 0 Å². The Morgan fingerprint density at radius 1 is 0.897 bits per heavy atom. The number of hydrogen-bond acceptors (Lipinski definition) is 5. The molecule has 0 amide bonds. The van der Waals surface area contributed by atoms with Crippen LogP contribution in [0.15, 0.2) is 54.6 Å². The van der Waals surface area contributed by atoms with E-state index in [1.54, 1.807) is 50.2 Å². The summed E-state index contributed by atoms with van der Waals surface area (Å²) < 4.78 is 10.3. The summed E-state index contributed by atoms with van der Waals surface area (Å²) in [6, 6.07) is 15.6. The van der Waals surface area contributed by atoms with E-state index in [0.717, 1.165) is 0 Å². The van der Waals surface area contributed by atoms with Crippen molar-refractivity contribution in [2.45, 2.75) is 13.8 Å². The molecule has 1 aromatic heterocycles. The van der Waals surface area contributed by atoms with Crippen LogP contribution in [0.2, 0.25) is 0 Å². The first kappa shape index (κ1) is 20.1. The molecule has 2 aromatic carbocycles. The first-order chi connectivity index (χ1) is 13.9. The fourth-order valence-electron chi connectivity index (χ4n) is 3.12. The molecule has 6 heteroatoms. The second-order valence-corrected chi connectivity index (χ2v) is 6.55. The van der Waals surface area contributed by atoms with Crippen LogP contribution in [-0.4, -0.2) is 36.2 Å². The average Bonchev–Trinajstić information content (AvgIpc) is 3.06. The lowest BCUT2D eigenvalue weighted by atomic mass is 10.0. The number of rotatable bonds is 7. The number of esters is 1. The molecular weight excluding hydrogens is 370 g/mol. The molecule has 29 heavy (non-hydrogen) atoms. The van der Waals surface area contributed by atoms with Gasteiger partial charge in [-0.1, -0.05) is 30.3 Å². The Morgan fingerprint density at radius 3 is 2.14 bits per heavy atom. The van der Waals surface area contributed by atoms with Crippen molar-refractivity contribution in [3.8, 4) is 5.75 Å². The number of carbonyl (C=O) groups is 3. The topological polar surface area (TPSA) is 85.5 Å². The molecule has 0 saturated carbocycles. The van der Waals surface area contributed by atoms with Gasteiger partial charge in [0, 0.05) is 16.8 Å². The minimum absolute atomic E-state index is 0.0824. The number of aromatic amines is 1. The van der Waals surface area contributed by atoms with Crippen LogP contribution in [0, 0.1) is 13.8 Å². The van der Waals surface area contributed by atoms with Crippen LogP contribution in [0.25, 0.3) is 0 Å². The average molecular weight is 391 g/mol. The normalized spacial score (nSPS) is 10.4. The Bertz CT molecular complexity index is 1050. The molecule has 3 aromatic rings. The van der Waals surface area contributed by atoms with Gasteiger partial charge in [-0.25, -0.2) is 4.79 Å². The van der Waals surface area contributed by atoms with Crippen molar-refractivity contribution in [1.29, 1.82) is 0 Å². The Morgan fingerprint density at radius 2 is 1.52 bits per heavy atom. The minimum atomic E-state index is -0.491. The number of Topliss-reactive ketones (excluding diaryl/α,β-unsaturated/α-hetero) is 1. The number of benzene rings is 2. The van der Waals surface area contributed by atoms with Crippen molar-refractivity contribution in [2.24, 2.45) is 0 Å². The molecular formula is C23H21NO5. The zero-order valence-corrected chi connectivity index (χ0v) is 16.4. The fourth-order valence-corrected chi connectivity index (χ4v) is 3.12. The van der Waals surface area contributed by atoms with E-state index in [9.17, 15) is 14.4 Å². The predicted octanol–water partition coefficient (Wildman–Crippen LogP) is 3.91. The van der Waals surface area contributed by atoms with Crippen LogP contribution >= 0.6 is 0 Å². The molecule has 3 rings (SSSR count). The molecule has 148 valence electrons. The molecule has 0 aliphatic carbocycles. The standard InChI is InChI=1S/C23H21NO5/c1-14-20(23(27)28-3)15(2)24-21(14)19(25)13-29-18-11-9-17(10-12-18)22(26)16-7-5-4-6-8-16/h4-12,24H,13H2,1-3H3. The summed E-state index contributed by atoms with van der Waals surface area (Å²) in [5.74, 6) is -0.391. The summed E-state index contributed by atoms with van der Waals surface area (Å²) in [6.07, 6.45) is 0. The van der Waals surface area contributed by atoms with Gasteiger partial charge in [-0.2, -0.15) is 0 Å². The maximum atomic E-state index is 12.5. The smallest absolute Gasteiger partial charge is 0.339 e. The molecule has 0 atom stereocenters. The van der Waals surface area contributed by atoms with E-state index in [0.29, 0.717) is 39.4 Å². The van der Waals surface area contributed by atoms with Crippen molar-refractivity contribution in [1.82, 2.24) is 4.98 Å². The van der Waals surface area contributed by atoms with E-state index in [1.165, 1.54) is 7.11 Å². The Balaban J connectivity index is 1.67. The molecule has 1 heterocycles. The molecule has 0 fully saturated rings. The number of aryl methyl sites for hydroxylation is 1. The molecule has 0 spiro atoms. The van der Waals surface area contributed by atoms with Crippen LogP contribution in [0.3, 0.4) is 0 Å². The summed E-state index contributed by atoms with van der Waals surface area (Å²) in [5.41, 5.74) is 2.93. The number of H-pyrrole nitrogens is 1. The molecule has 0 aliphatic heterocycles. The molecule has 0 unspecified atom stereocenters. The predicted molar refractivity (Wildman–Crippen MR) is 108 cm³/mol. The highest BCUT2D eigenvalue weighted by Crippen LogP contribution is 2.20. The lowest BCUT2D eigenvalue weighted by Gasteiger charge is -2.07. The summed E-state index contributed by atoms with van der Waals surface area (Å²) in [4.78, 5) is 39.7. The zero-order chi connectivity index (χ0) is 21.0. The van der Waals surface area contributed by atoms with Crippen LogP contribution in [0.1, 0.15) is 48.0 Å². The third-order valence-electron chi connectivity index (χ3n) is 4.63. The largest absolute Gasteiger partial charge is 0.485 e. The first-order valence-electron chi connectivity index (χ1n) is 9.05. The second kappa shape index (κ2) is 8.56. The number of ether oxygens (including phenoxy) is 2. The quantitative estimate of drug-likeness (QED) is 0.487. The summed E-state index contributed by atoms with van der Waals surface area (Å²) in [5, 5.41) is 0. The lowest BCUT2D eigenvalue weighted by molar-refractivity contribution is 0.0599. The van der Waals surface area contributed by atoms with Gasteiger partial charge in [-0.15, -0.1) is 0 Å². The lowest BCUT2D eigenvalue weighted by Crippen LogP contribution is -2.13. The summed E-state index contributed by atoms with van der Waals surface area (Å²) in [6.45, 7) is 3.19. The fraction of sp³-hybridized carbons (Fsp3) is 0.174. The van der Waals surface area contributed by atoms with E-state index in [1.807, 2.05) is 18.2 Å². The van der Waals surface area contributed by atoms with Crippen molar-refractivity contribution in [3.63, 3.8) is 0 Å². The van der Waals surface area contributed by atoms with Gasteiger partial charge in [-0.3, -0.25) is 9.59 Å². The van der Waals surface area contributed by atoms with E-state index in [4.69, 9.17) is 9.47 Å². The summed E-state index contributed by atoms with van der Waals surface area (Å²) in [7, 11) is 1.30.